The molecule has 2 unspecified atom stereocenters. The van der Waals surface area contributed by atoms with E-state index in [1.54, 1.807) is 0 Å². The van der Waals surface area contributed by atoms with Crippen LogP contribution in [0.25, 0.3) is 0 Å². The number of unbranched alkanes of at least 4 members (excludes halogenated alkanes) is 23. The number of likely N-dealkylation sites (N-methyl/N-ethyl adjacent to an activating group) is 1. The molecular weight excluding hydrogens is 831 g/mol. The van der Waals surface area contributed by atoms with E-state index in [2.05, 4.69) is 56.8 Å². The van der Waals surface area contributed by atoms with E-state index in [1.165, 1.54) is 154 Å². The van der Waals surface area contributed by atoms with Crippen molar-refractivity contribution in [2.24, 2.45) is 11.8 Å². The van der Waals surface area contributed by atoms with Crippen LogP contribution in [0, 0.1) is 11.8 Å². The molecule has 1 N–H and O–H groups in total. The summed E-state index contributed by atoms with van der Waals surface area (Å²) in [4.78, 5) is 44.0. The fourth-order valence-corrected chi connectivity index (χ4v) is 10.2. The van der Waals surface area contributed by atoms with Gasteiger partial charge in [0.2, 0.25) is 5.91 Å². The summed E-state index contributed by atoms with van der Waals surface area (Å²) in [6.45, 7) is 16.6. The maximum absolute atomic E-state index is 14.1. The van der Waals surface area contributed by atoms with Gasteiger partial charge in [-0.3, -0.25) is 14.4 Å². The lowest BCUT2D eigenvalue weighted by atomic mass is 9.96. The quantitative estimate of drug-likeness (QED) is 0.0480. The van der Waals surface area contributed by atoms with E-state index in [4.69, 9.17) is 9.47 Å². The van der Waals surface area contributed by atoms with Gasteiger partial charge in [-0.1, -0.05) is 208 Å². The predicted molar refractivity (Wildman–Crippen MR) is 287 cm³/mol. The van der Waals surface area contributed by atoms with E-state index >= 15 is 0 Å². The second-order valence-electron chi connectivity index (χ2n) is 21.4. The molecule has 0 bridgehead atoms. The third-order valence-corrected chi connectivity index (χ3v) is 14.7. The molecule has 0 radical (unpaired) electrons. The Morgan fingerprint density at radius 1 is 0.463 bits per heavy atom. The van der Waals surface area contributed by atoms with E-state index in [0.29, 0.717) is 62.3 Å². The summed E-state index contributed by atoms with van der Waals surface area (Å²) in [5, 5.41) is 3.74. The van der Waals surface area contributed by atoms with Crippen LogP contribution in [0.5, 0.6) is 0 Å². The first kappa shape index (κ1) is 63.3. The number of esters is 2. The zero-order valence-corrected chi connectivity index (χ0v) is 45.8. The van der Waals surface area contributed by atoms with Crippen LogP contribution in [-0.2, 0) is 23.9 Å². The Kier molecular flexibility index (Phi) is 44.2. The van der Waals surface area contributed by atoms with Crippen LogP contribution in [-0.4, -0.2) is 86.2 Å². The molecule has 0 aromatic carbocycles. The molecule has 1 saturated heterocycles. The van der Waals surface area contributed by atoms with Crippen LogP contribution in [0.1, 0.15) is 291 Å². The predicted octanol–water partition coefficient (Wildman–Crippen LogP) is 16.1. The topological polar surface area (TPSA) is 88.2 Å². The lowest BCUT2D eigenvalue weighted by Crippen LogP contribution is -2.56. The third-order valence-electron chi connectivity index (χ3n) is 14.7. The number of amides is 1. The van der Waals surface area contributed by atoms with Crippen LogP contribution in [0.2, 0.25) is 0 Å². The molecule has 8 heteroatoms. The Balaban J connectivity index is 2.64. The third kappa shape index (κ3) is 37.8. The highest BCUT2D eigenvalue weighted by Crippen LogP contribution is 2.23. The van der Waals surface area contributed by atoms with Crippen molar-refractivity contribution in [1.82, 2.24) is 15.1 Å². The average Bonchev–Trinajstić information content (AvgIpc) is 3.31. The van der Waals surface area contributed by atoms with Gasteiger partial charge in [-0.25, -0.2) is 0 Å². The molecule has 1 fully saturated rings. The molecular formula is C59H115N3O5. The summed E-state index contributed by atoms with van der Waals surface area (Å²) < 4.78 is 11.6. The van der Waals surface area contributed by atoms with Gasteiger partial charge in [-0.2, -0.15) is 0 Å². The Morgan fingerprint density at radius 3 is 1.25 bits per heavy atom. The van der Waals surface area contributed by atoms with E-state index in [1.807, 2.05) is 0 Å². The number of likely N-dealkylation sites (tertiary alicyclic amines) is 1. The van der Waals surface area contributed by atoms with E-state index in [-0.39, 0.29) is 11.9 Å². The molecule has 1 heterocycles. The fraction of sp³-hybridized carbons (Fsp3) is 0.949. The van der Waals surface area contributed by atoms with Crippen molar-refractivity contribution in [3.63, 3.8) is 0 Å². The van der Waals surface area contributed by atoms with E-state index in [0.717, 1.165) is 110 Å². The molecule has 0 saturated carbocycles. The monoisotopic (exact) mass is 946 g/mol. The second kappa shape index (κ2) is 46.7. The lowest BCUT2D eigenvalue weighted by Gasteiger charge is -2.37. The van der Waals surface area contributed by atoms with Crippen molar-refractivity contribution in [2.75, 3.05) is 46.4 Å². The number of carbonyl (C=O) groups is 3. The van der Waals surface area contributed by atoms with Crippen molar-refractivity contribution in [2.45, 2.75) is 304 Å². The second-order valence-corrected chi connectivity index (χ2v) is 21.4. The summed E-state index contributed by atoms with van der Waals surface area (Å²) in [5.74, 6) is 1.41. The fourth-order valence-electron chi connectivity index (χ4n) is 10.2. The van der Waals surface area contributed by atoms with Gasteiger partial charge < -0.3 is 24.6 Å². The van der Waals surface area contributed by atoms with Crippen molar-refractivity contribution < 1.29 is 23.9 Å². The van der Waals surface area contributed by atoms with Crippen molar-refractivity contribution in [1.29, 1.82) is 0 Å². The highest BCUT2D eigenvalue weighted by atomic mass is 16.5. The van der Waals surface area contributed by atoms with Gasteiger partial charge in [-0.05, 0) is 89.6 Å². The minimum atomic E-state index is -0.00611. The first-order valence-corrected chi connectivity index (χ1v) is 29.8. The normalized spacial score (nSPS) is 14.5. The van der Waals surface area contributed by atoms with Gasteiger partial charge in [0.05, 0.1) is 13.2 Å². The van der Waals surface area contributed by atoms with Crippen LogP contribution in [0.4, 0.5) is 0 Å². The summed E-state index contributed by atoms with van der Waals surface area (Å²) in [5.41, 5.74) is 0. The first-order valence-electron chi connectivity index (χ1n) is 29.8. The highest BCUT2D eigenvalue weighted by Gasteiger charge is 2.25. The molecule has 8 nitrogen and oxygen atoms in total. The number of nitrogens with one attached hydrogen (secondary N) is 1. The molecule has 0 aromatic rings. The Labute approximate surface area is 417 Å². The molecule has 1 rings (SSSR count). The number of ether oxygens (including phenoxy) is 2. The molecule has 67 heavy (non-hydrogen) atoms. The van der Waals surface area contributed by atoms with Gasteiger partial charge in [-0.15, -0.1) is 0 Å². The maximum Gasteiger partial charge on any atom is 0.305 e. The average molecular weight is 947 g/mol. The molecule has 2 atom stereocenters. The van der Waals surface area contributed by atoms with Gasteiger partial charge in [0, 0.05) is 51.0 Å². The largest absolute Gasteiger partial charge is 0.465 e. The SMILES string of the molecule is CCCCCCCCC(=O)N(CCCNC1CN(C)C1)C(CCCCCCCCC(=O)OCC(CCCC)CCCCCC)CCCCCCCCC(=O)OCC(CCCC)CCCCCC. The molecule has 0 spiro atoms. The number of hydrogen-bond donors (Lipinski definition) is 1. The summed E-state index contributed by atoms with van der Waals surface area (Å²) in [7, 11) is 2.18. The molecule has 1 amide bonds. The number of hydrogen-bond acceptors (Lipinski definition) is 7. The maximum atomic E-state index is 14.1. The van der Waals surface area contributed by atoms with Crippen molar-refractivity contribution >= 4 is 17.8 Å². The Hall–Kier alpha value is -1.67. The number of nitrogens with zero attached hydrogens (tertiary/aromatic N) is 2. The van der Waals surface area contributed by atoms with Crippen molar-refractivity contribution in [3.8, 4) is 0 Å². The zero-order chi connectivity index (χ0) is 48.8. The summed E-state index contributed by atoms with van der Waals surface area (Å²) in [6, 6.07) is 0.901. The highest BCUT2D eigenvalue weighted by molar-refractivity contribution is 5.76. The van der Waals surface area contributed by atoms with Gasteiger partial charge in [0.15, 0.2) is 0 Å². The van der Waals surface area contributed by atoms with Crippen LogP contribution in [0.3, 0.4) is 0 Å². The molecule has 0 aliphatic carbocycles. The first-order chi connectivity index (χ1) is 32.8. The number of rotatable bonds is 51. The van der Waals surface area contributed by atoms with Gasteiger partial charge in [0.25, 0.3) is 0 Å². The van der Waals surface area contributed by atoms with Crippen LogP contribution in [0.15, 0.2) is 0 Å². The van der Waals surface area contributed by atoms with Crippen LogP contribution >= 0.6 is 0 Å². The molecule has 396 valence electrons. The lowest BCUT2D eigenvalue weighted by molar-refractivity contribution is -0.146. The van der Waals surface area contributed by atoms with E-state index in [9.17, 15) is 14.4 Å². The summed E-state index contributed by atoms with van der Waals surface area (Å²) in [6.07, 6.45) is 45.4. The van der Waals surface area contributed by atoms with Gasteiger partial charge in [0.1, 0.15) is 0 Å². The van der Waals surface area contributed by atoms with E-state index < -0.39 is 0 Å². The molecule has 1 aliphatic heterocycles. The minimum absolute atomic E-state index is 0.00611. The van der Waals surface area contributed by atoms with Crippen LogP contribution < -0.4 is 5.32 Å². The Morgan fingerprint density at radius 2 is 0.821 bits per heavy atom. The minimum Gasteiger partial charge on any atom is -0.465 e. The molecule has 1 aliphatic rings. The zero-order valence-electron chi connectivity index (χ0n) is 45.8. The summed E-state index contributed by atoms with van der Waals surface area (Å²) >= 11 is 0. The number of carbonyl (C=O) groups excluding carboxylic acids is 3. The van der Waals surface area contributed by atoms with Gasteiger partial charge >= 0.3 is 11.9 Å². The van der Waals surface area contributed by atoms with Crippen molar-refractivity contribution in [3.05, 3.63) is 0 Å². The standard InChI is InChI=1S/C59H115N3O5/c1-7-12-17-20-27-34-44-57(63)62(48-37-47-60-55-49-61(6)50-55)56(42-32-25-21-23-28-35-45-58(64)66-51-53(38-15-10-4)40-30-18-13-8-2)43-33-26-22-24-29-36-46-59(65)67-52-54(39-16-11-5)41-31-19-14-9-3/h53-56,60H,7-52H2,1-6H3. The smallest absolute Gasteiger partial charge is 0.305 e. The molecule has 0 aromatic heterocycles. The Bertz CT molecular complexity index is 1060.